The number of nitrogens with zero attached hydrogens (tertiary/aromatic N) is 6. The van der Waals surface area contributed by atoms with Gasteiger partial charge in [-0.1, -0.05) is 59.1 Å². The molecule has 9 aromatic rings. The van der Waals surface area contributed by atoms with Crippen molar-refractivity contribution in [2.45, 2.75) is 0 Å². The van der Waals surface area contributed by atoms with Gasteiger partial charge in [-0.05, 0) is 58.7 Å². The summed E-state index contributed by atoms with van der Waals surface area (Å²) in [4.78, 5) is 11.4. The number of fused-ring (bicyclic) bond motifs is 2. The van der Waals surface area contributed by atoms with Crippen LogP contribution in [0.2, 0.25) is 0 Å². The maximum Gasteiger partial charge on any atom is 0.152 e. The van der Waals surface area contributed by atoms with Crippen molar-refractivity contribution in [1.82, 2.24) is 29.9 Å². The van der Waals surface area contributed by atoms with Crippen molar-refractivity contribution in [1.29, 1.82) is 0 Å². The highest BCUT2D eigenvalue weighted by atomic mass is 32.1. The largest absolute Gasteiger partial charge is 0.464 e. The van der Waals surface area contributed by atoms with Crippen molar-refractivity contribution >= 4 is 44.5 Å². The van der Waals surface area contributed by atoms with Gasteiger partial charge in [0.05, 0.1) is 23.2 Å². The van der Waals surface area contributed by atoms with Gasteiger partial charge in [0, 0.05) is 65.9 Å². The average Bonchev–Trinajstić information content (AvgIpc) is 3.95. The molecule has 0 amide bonds. The molecule has 10 heteroatoms. The van der Waals surface area contributed by atoms with E-state index < -0.39 is 0 Å². The second-order valence-corrected chi connectivity index (χ2v) is 12.1. The molecule has 0 aliphatic rings. The monoisotopic (exact) mass is 632 g/mol. The number of furan rings is 1. The zero-order chi connectivity index (χ0) is 30.5. The van der Waals surface area contributed by atoms with Crippen molar-refractivity contribution in [3.05, 3.63) is 120 Å². The van der Waals surface area contributed by atoms with E-state index in [0.717, 1.165) is 71.3 Å². The summed E-state index contributed by atoms with van der Waals surface area (Å²) in [5.41, 5.74) is 8.68. The minimum atomic E-state index is 0.554. The molecule has 218 valence electrons. The second kappa shape index (κ2) is 11.0. The topological polar surface area (TPSA) is 104 Å². The van der Waals surface area contributed by atoms with E-state index in [2.05, 4.69) is 61.7 Å². The molecule has 0 saturated heterocycles. The van der Waals surface area contributed by atoms with E-state index in [1.165, 1.54) is 11.5 Å². The number of para-hydroxylation sites is 1. The summed E-state index contributed by atoms with van der Waals surface area (Å²) in [6.45, 7) is 0. The van der Waals surface area contributed by atoms with E-state index in [0.29, 0.717) is 17.1 Å². The van der Waals surface area contributed by atoms with Crippen LogP contribution in [0.3, 0.4) is 0 Å². The summed E-state index contributed by atoms with van der Waals surface area (Å²) in [5.74, 6) is 0.676. The van der Waals surface area contributed by atoms with Gasteiger partial charge in [-0.25, -0.2) is 4.98 Å². The number of aromatic nitrogens is 6. The van der Waals surface area contributed by atoms with E-state index in [1.54, 1.807) is 23.9 Å². The van der Waals surface area contributed by atoms with Gasteiger partial charge in [0.1, 0.15) is 17.1 Å². The summed E-state index contributed by atoms with van der Waals surface area (Å²) in [7, 11) is 0. The van der Waals surface area contributed by atoms with Crippen LogP contribution in [0.1, 0.15) is 0 Å². The van der Waals surface area contributed by atoms with Gasteiger partial charge in [0.2, 0.25) is 0 Å². The van der Waals surface area contributed by atoms with Crippen LogP contribution in [0.25, 0.3) is 88.5 Å². The Bertz CT molecular complexity index is 2470. The maximum absolute atomic E-state index is 6.26. The molecule has 0 radical (unpaired) electrons. The lowest BCUT2D eigenvalue weighted by Crippen LogP contribution is -2.03. The van der Waals surface area contributed by atoms with Crippen molar-refractivity contribution in [3.8, 4) is 66.8 Å². The van der Waals surface area contributed by atoms with E-state index >= 15 is 0 Å². The first kappa shape index (κ1) is 26.6. The minimum Gasteiger partial charge on any atom is -0.464 e. The first-order chi connectivity index (χ1) is 22.8. The molecule has 3 aromatic carbocycles. The molecule has 6 aromatic heterocycles. The van der Waals surface area contributed by atoms with Gasteiger partial charge in [-0.3, -0.25) is 4.98 Å². The Morgan fingerprint density at radius 3 is 2.30 bits per heavy atom. The zero-order valence-electron chi connectivity index (χ0n) is 23.9. The van der Waals surface area contributed by atoms with Gasteiger partial charge in [0.15, 0.2) is 6.26 Å². The zero-order valence-corrected chi connectivity index (χ0v) is 25.5. The van der Waals surface area contributed by atoms with Gasteiger partial charge < -0.3 is 8.94 Å². The Labute approximate surface area is 269 Å². The Hall–Kier alpha value is -5.84. The van der Waals surface area contributed by atoms with Crippen LogP contribution in [0, 0.1) is 0 Å². The third-order valence-electron chi connectivity index (χ3n) is 8.03. The third-order valence-corrected chi connectivity index (χ3v) is 9.42. The summed E-state index contributed by atoms with van der Waals surface area (Å²) in [5, 5.41) is 20.1. The second-order valence-electron chi connectivity index (χ2n) is 10.6. The summed E-state index contributed by atoms with van der Waals surface area (Å²) in [6, 6.07) is 30.6. The highest BCUT2D eigenvalue weighted by Crippen LogP contribution is 2.56. The molecule has 0 N–H and O–H groups in total. The minimum absolute atomic E-state index is 0.554. The van der Waals surface area contributed by atoms with Crippen molar-refractivity contribution < 1.29 is 8.94 Å². The van der Waals surface area contributed by atoms with Crippen LogP contribution < -0.4 is 0 Å². The summed E-state index contributed by atoms with van der Waals surface area (Å²) < 4.78 is 15.9. The normalized spacial score (nSPS) is 11.5. The lowest BCUT2D eigenvalue weighted by Gasteiger charge is -2.24. The molecule has 0 atom stereocenters. The molecule has 0 unspecified atom stereocenters. The van der Waals surface area contributed by atoms with Crippen molar-refractivity contribution in [2.24, 2.45) is 0 Å². The Morgan fingerprint density at radius 2 is 1.50 bits per heavy atom. The number of thiophene rings is 1. The fourth-order valence-corrected chi connectivity index (χ4v) is 7.39. The van der Waals surface area contributed by atoms with Crippen LogP contribution >= 0.6 is 22.9 Å². The quantitative estimate of drug-likeness (QED) is 0.178. The number of rotatable bonds is 6. The van der Waals surface area contributed by atoms with Crippen molar-refractivity contribution in [3.63, 3.8) is 0 Å². The lowest BCUT2D eigenvalue weighted by atomic mass is 9.79. The predicted octanol–water partition coefficient (Wildman–Crippen LogP) is 9.67. The molecule has 9 rings (SSSR count). The highest BCUT2D eigenvalue weighted by Gasteiger charge is 2.33. The average molecular weight is 633 g/mol. The molecule has 0 aliphatic heterocycles. The molecule has 0 bridgehead atoms. The number of benzene rings is 3. The molecule has 6 heterocycles. The Morgan fingerprint density at radius 1 is 0.630 bits per heavy atom. The smallest absolute Gasteiger partial charge is 0.152 e. The number of hydrogen-bond donors (Lipinski definition) is 0. The van der Waals surface area contributed by atoms with Crippen LogP contribution in [-0.4, -0.2) is 29.9 Å². The van der Waals surface area contributed by atoms with Gasteiger partial charge in [-0.2, -0.15) is 0 Å². The van der Waals surface area contributed by atoms with E-state index in [4.69, 9.17) is 18.9 Å². The van der Waals surface area contributed by atoms with Crippen LogP contribution in [0.4, 0.5) is 0 Å². The predicted molar refractivity (Wildman–Crippen MR) is 181 cm³/mol. The van der Waals surface area contributed by atoms with Gasteiger partial charge >= 0.3 is 0 Å². The molecule has 0 saturated carbocycles. The number of pyridine rings is 2. The highest BCUT2D eigenvalue weighted by molar-refractivity contribution is 7.13. The number of hydrogen-bond acceptors (Lipinski definition) is 10. The SMILES string of the molecule is c1coc(-c2c(-c3ccc4ccccc4n3)c(-c3nccc4ccccc34)c(-c3csnn3)c(-c3conn3)c2-c2cccs2)c1. The molecule has 46 heavy (non-hydrogen) atoms. The Kier molecular flexibility index (Phi) is 6.32. The first-order valence-corrected chi connectivity index (χ1v) is 16.1. The maximum atomic E-state index is 6.26. The molecule has 0 fully saturated rings. The third kappa shape index (κ3) is 4.26. The first-order valence-electron chi connectivity index (χ1n) is 14.4. The van der Waals surface area contributed by atoms with Crippen LogP contribution in [-0.2, 0) is 0 Å². The van der Waals surface area contributed by atoms with E-state index in [9.17, 15) is 0 Å². The summed E-state index contributed by atoms with van der Waals surface area (Å²) >= 11 is 2.91. The fraction of sp³-hybridized carbons (Fsp3) is 0. The molecular weight excluding hydrogens is 613 g/mol. The molecule has 0 spiro atoms. The standard InChI is InChI=1S/C36H20N6O2S2/c1-3-9-23-21(7-1)15-16-37-36(23)35-30(25-14-13-22-8-2-4-10-24(22)38-25)33(28-11-5-17-43-28)34(29-12-6-18-45-29)31(26-19-44-41-39-26)32(35)27-20-46-42-40-27/h1-20H. The van der Waals surface area contributed by atoms with E-state index in [-0.39, 0.29) is 0 Å². The summed E-state index contributed by atoms with van der Waals surface area (Å²) in [6.07, 6.45) is 5.10. The Balaban J connectivity index is 1.59. The molecule has 8 nitrogen and oxygen atoms in total. The van der Waals surface area contributed by atoms with Gasteiger partial charge in [0.25, 0.3) is 0 Å². The fourth-order valence-electron chi connectivity index (χ4n) is 6.16. The lowest BCUT2D eigenvalue weighted by molar-refractivity contribution is 0.393. The van der Waals surface area contributed by atoms with Gasteiger partial charge in [-0.15, -0.1) is 21.5 Å². The van der Waals surface area contributed by atoms with Crippen LogP contribution in [0.5, 0.6) is 0 Å². The molecule has 0 aliphatic carbocycles. The van der Waals surface area contributed by atoms with Crippen LogP contribution in [0.15, 0.2) is 129 Å². The van der Waals surface area contributed by atoms with E-state index in [1.807, 2.05) is 66.2 Å². The molecular formula is C36H20N6O2S2. The van der Waals surface area contributed by atoms with Crippen molar-refractivity contribution in [2.75, 3.05) is 0 Å².